The first-order valence-corrected chi connectivity index (χ1v) is 15.0. The van der Waals surface area contributed by atoms with Crippen molar-refractivity contribution in [2.75, 3.05) is 14.2 Å². The molecule has 0 saturated heterocycles. The largest absolute Gasteiger partial charge is 0.507 e. The smallest absolute Gasteiger partial charge is 0.308 e. The number of fused-ring (bicyclic) bond motifs is 3. The average molecular weight is 663 g/mol. The van der Waals surface area contributed by atoms with Crippen LogP contribution in [0.25, 0.3) is 21.9 Å². The maximum absolute atomic E-state index is 13.9. The van der Waals surface area contributed by atoms with Gasteiger partial charge in [0, 0.05) is 46.2 Å². The van der Waals surface area contributed by atoms with Crippen molar-refractivity contribution < 1.29 is 49.0 Å². The van der Waals surface area contributed by atoms with Crippen LogP contribution in [-0.4, -0.2) is 58.8 Å². The van der Waals surface area contributed by atoms with Crippen LogP contribution in [-0.2, 0) is 41.4 Å². The molecule has 0 amide bonds. The SMILES string of the molecule is COC(=O)C[C@@H]1Cc2c(c(=O)c3c(=O)c(-c4cc(O)c5c(O)c6c(c(O)c5c4O)[C@@H](C)O[C@@H](CC(=O)OC)C6)cc(=O)c=3c2=O)[C@H](C)O1. The van der Waals surface area contributed by atoms with E-state index >= 15 is 0 Å². The second-order valence-electron chi connectivity index (χ2n) is 12.0. The third-order valence-electron chi connectivity index (χ3n) is 9.16. The summed E-state index contributed by atoms with van der Waals surface area (Å²) in [5.41, 5.74) is -4.89. The molecule has 0 aromatic heterocycles. The molecule has 14 nitrogen and oxygen atoms in total. The van der Waals surface area contributed by atoms with Crippen LogP contribution < -0.4 is 21.7 Å². The highest BCUT2D eigenvalue weighted by molar-refractivity contribution is 6.07. The predicted octanol–water partition coefficient (Wildman–Crippen LogP) is 1.50. The van der Waals surface area contributed by atoms with Crippen molar-refractivity contribution in [2.45, 2.75) is 63.9 Å². The molecule has 2 aliphatic carbocycles. The monoisotopic (exact) mass is 662 g/mol. The van der Waals surface area contributed by atoms with E-state index in [-0.39, 0.29) is 53.3 Å². The van der Waals surface area contributed by atoms with E-state index in [0.717, 1.165) is 12.1 Å². The first kappa shape index (κ1) is 32.6. The van der Waals surface area contributed by atoms with Gasteiger partial charge in [0.1, 0.15) is 23.0 Å². The Kier molecular flexibility index (Phi) is 7.96. The van der Waals surface area contributed by atoms with Gasteiger partial charge in [-0.15, -0.1) is 0 Å². The van der Waals surface area contributed by atoms with Crippen LogP contribution in [0.3, 0.4) is 0 Å². The number of carbonyl (C=O) groups is 2. The lowest BCUT2D eigenvalue weighted by Crippen LogP contribution is -2.40. The molecule has 0 spiro atoms. The lowest BCUT2D eigenvalue weighted by Gasteiger charge is -2.32. The summed E-state index contributed by atoms with van der Waals surface area (Å²) in [6, 6.07) is 1.65. The van der Waals surface area contributed by atoms with Crippen LogP contribution in [0.1, 0.15) is 61.2 Å². The maximum Gasteiger partial charge on any atom is 0.308 e. The topological polar surface area (TPSA) is 220 Å². The third-order valence-corrected chi connectivity index (χ3v) is 9.16. The number of phenols is 4. The molecule has 2 aromatic rings. The molecule has 0 unspecified atom stereocenters. The predicted molar refractivity (Wildman–Crippen MR) is 166 cm³/mol. The van der Waals surface area contributed by atoms with Gasteiger partial charge in [-0.05, 0) is 26.0 Å². The quantitative estimate of drug-likeness (QED) is 0.176. The van der Waals surface area contributed by atoms with Crippen LogP contribution in [0.4, 0.5) is 0 Å². The lowest BCUT2D eigenvalue weighted by atomic mass is 9.86. The summed E-state index contributed by atoms with van der Waals surface area (Å²) >= 11 is 0. The van der Waals surface area contributed by atoms with E-state index in [4.69, 9.17) is 14.2 Å². The minimum Gasteiger partial charge on any atom is -0.507 e. The van der Waals surface area contributed by atoms with Crippen molar-refractivity contribution in [3.8, 4) is 34.1 Å². The minimum absolute atomic E-state index is 0.0501. The van der Waals surface area contributed by atoms with Gasteiger partial charge in [-0.2, -0.15) is 0 Å². The molecular weight excluding hydrogens is 632 g/mol. The first-order valence-electron chi connectivity index (χ1n) is 15.0. The molecule has 2 heterocycles. The van der Waals surface area contributed by atoms with Crippen molar-refractivity contribution >= 4 is 22.7 Å². The number of carbonyl (C=O) groups excluding carboxylic acids is 2. The van der Waals surface area contributed by atoms with E-state index in [1.807, 2.05) is 0 Å². The second kappa shape index (κ2) is 11.7. The standard InChI is InChI=1S/C34H30O14/c1-11-23-17(5-13(47-11)7-21(37)45-3)31(41)25-19(35)9-15(29(39)27(25)33(23)43)16-10-20(36)26-28(30(16)40)34(44)24-12(2)48-14(8-22(38)46-4)6-18(24)32(26)42/h9-14,35,39,41,43H,5-8H2,1-4H3/t11-,12+,13-,14+/m1/s1. The average Bonchev–Trinajstić information content (AvgIpc) is 3.03. The van der Waals surface area contributed by atoms with Crippen molar-refractivity contribution in [2.24, 2.45) is 0 Å². The van der Waals surface area contributed by atoms with Crippen LogP contribution in [0.15, 0.2) is 31.3 Å². The fourth-order valence-corrected chi connectivity index (χ4v) is 7.04. The van der Waals surface area contributed by atoms with E-state index in [0.29, 0.717) is 0 Å². The number of aromatic hydroxyl groups is 4. The Hall–Kier alpha value is -5.34. The molecular formula is C34H30O14. The van der Waals surface area contributed by atoms with Gasteiger partial charge < -0.3 is 39.4 Å². The number of methoxy groups -OCH3 is 2. The Bertz CT molecular complexity index is 2340. The summed E-state index contributed by atoms with van der Waals surface area (Å²) in [4.78, 5) is 78.4. The molecule has 0 radical (unpaired) electrons. The molecule has 6 rings (SSSR count). The number of hydrogen-bond donors (Lipinski definition) is 4. The molecule has 0 fully saturated rings. The summed E-state index contributed by atoms with van der Waals surface area (Å²) < 4.78 is 21.0. The number of benzene rings is 2. The van der Waals surface area contributed by atoms with Crippen LogP contribution in [0.2, 0.25) is 0 Å². The Morgan fingerprint density at radius 2 is 1.25 bits per heavy atom. The second-order valence-corrected chi connectivity index (χ2v) is 12.0. The van der Waals surface area contributed by atoms with E-state index < -0.39 is 108 Å². The molecule has 4 atom stereocenters. The van der Waals surface area contributed by atoms with Crippen LogP contribution in [0.5, 0.6) is 23.0 Å². The Morgan fingerprint density at radius 3 is 1.83 bits per heavy atom. The molecule has 2 aliphatic heterocycles. The Labute approximate surface area is 269 Å². The summed E-state index contributed by atoms with van der Waals surface area (Å²) in [6.45, 7) is 3.00. The van der Waals surface area contributed by atoms with E-state index in [1.54, 1.807) is 0 Å². The Balaban J connectivity index is 1.58. The zero-order valence-electron chi connectivity index (χ0n) is 26.2. The number of rotatable bonds is 5. The maximum atomic E-state index is 13.9. The minimum atomic E-state index is -1.10. The fraction of sp³-hybridized carbons (Fsp3) is 0.353. The molecule has 4 N–H and O–H groups in total. The van der Waals surface area contributed by atoms with Gasteiger partial charge in [-0.3, -0.25) is 28.8 Å². The zero-order chi connectivity index (χ0) is 34.9. The summed E-state index contributed by atoms with van der Waals surface area (Å²) in [5, 5.41) is 43.0. The van der Waals surface area contributed by atoms with Gasteiger partial charge in [-0.25, -0.2) is 0 Å². The number of esters is 2. The van der Waals surface area contributed by atoms with E-state index in [2.05, 4.69) is 4.74 Å². The molecule has 0 bridgehead atoms. The first-order chi connectivity index (χ1) is 22.7. The molecule has 14 heteroatoms. The van der Waals surface area contributed by atoms with Crippen molar-refractivity contribution in [3.63, 3.8) is 0 Å². The summed E-state index contributed by atoms with van der Waals surface area (Å²) in [5.74, 6) is -3.79. The zero-order valence-corrected chi connectivity index (χ0v) is 26.2. The molecule has 0 saturated carbocycles. The lowest BCUT2D eigenvalue weighted by molar-refractivity contribution is -0.146. The van der Waals surface area contributed by atoms with Crippen LogP contribution >= 0.6 is 0 Å². The van der Waals surface area contributed by atoms with Gasteiger partial charge in [0.25, 0.3) is 0 Å². The summed E-state index contributed by atoms with van der Waals surface area (Å²) in [6.07, 6.45) is -4.08. The van der Waals surface area contributed by atoms with E-state index in [1.165, 1.54) is 28.1 Å². The third kappa shape index (κ3) is 4.86. The number of ether oxygens (including phenoxy) is 4. The van der Waals surface area contributed by atoms with Gasteiger partial charge in [0.05, 0.1) is 72.7 Å². The normalized spacial score (nSPS) is 20.3. The highest BCUT2D eigenvalue weighted by atomic mass is 16.5. The molecule has 4 aliphatic rings. The fourth-order valence-electron chi connectivity index (χ4n) is 7.04. The van der Waals surface area contributed by atoms with Crippen molar-refractivity contribution in [1.29, 1.82) is 0 Å². The highest BCUT2D eigenvalue weighted by Gasteiger charge is 2.36. The number of hydrogen-bond acceptors (Lipinski definition) is 14. The highest BCUT2D eigenvalue weighted by Crippen LogP contribution is 2.53. The summed E-state index contributed by atoms with van der Waals surface area (Å²) in [7, 11) is 2.39. The van der Waals surface area contributed by atoms with Crippen LogP contribution in [0, 0.1) is 10.4 Å². The van der Waals surface area contributed by atoms with Gasteiger partial charge in [0.2, 0.25) is 0 Å². The molecule has 2 aromatic carbocycles. The van der Waals surface area contributed by atoms with Crippen molar-refractivity contribution in [3.05, 3.63) is 85.7 Å². The van der Waals surface area contributed by atoms with Gasteiger partial charge in [0.15, 0.2) is 21.7 Å². The molecule has 250 valence electrons. The van der Waals surface area contributed by atoms with E-state index in [9.17, 15) is 49.2 Å². The Morgan fingerprint density at radius 1 is 0.688 bits per heavy atom. The van der Waals surface area contributed by atoms with Gasteiger partial charge >= 0.3 is 11.9 Å². The van der Waals surface area contributed by atoms with Crippen molar-refractivity contribution in [1.82, 2.24) is 0 Å². The van der Waals surface area contributed by atoms with Gasteiger partial charge in [-0.1, -0.05) is 0 Å². The molecule has 48 heavy (non-hydrogen) atoms. The number of phenolic OH excluding ortho intramolecular Hbond substituents is 4.